The second-order valence-electron chi connectivity index (χ2n) is 6.85. The highest BCUT2D eigenvalue weighted by Gasteiger charge is 2.48. The third-order valence-electron chi connectivity index (χ3n) is 4.32. The minimum atomic E-state index is -0.296. The van der Waals surface area contributed by atoms with E-state index in [9.17, 15) is 9.59 Å². The molecule has 6 nitrogen and oxygen atoms in total. The number of benzene rings is 2. The van der Waals surface area contributed by atoms with E-state index in [0.29, 0.717) is 17.8 Å². The summed E-state index contributed by atoms with van der Waals surface area (Å²) in [6, 6.07) is 14.3. The summed E-state index contributed by atoms with van der Waals surface area (Å²) in [5.74, 6) is 0.613. The van der Waals surface area contributed by atoms with Crippen molar-refractivity contribution >= 4 is 23.2 Å². The number of carbonyl (C=O) groups excluding carboxylic acids is 2. The molecule has 1 aliphatic rings. The Labute approximate surface area is 158 Å². The number of methoxy groups -OCH3 is 1. The van der Waals surface area contributed by atoms with Crippen LogP contribution in [0, 0.1) is 11.8 Å². The predicted molar refractivity (Wildman–Crippen MR) is 104 cm³/mol. The standard InChI is InChI=1S/C21H24N2O4/c1-13(2)27-17-10-6-15(7-11-17)23-21(25)19-12-18(19)20(24)22-14-4-8-16(26-3)9-5-14/h4-11,13,18-19H,12H2,1-3H3,(H,22,24)(H,23,25). The SMILES string of the molecule is COc1ccc(NC(=O)C2CC2C(=O)Nc2ccc(OC(C)C)cc2)cc1. The van der Waals surface area contributed by atoms with Crippen LogP contribution in [0.2, 0.25) is 0 Å². The van der Waals surface area contributed by atoms with E-state index in [2.05, 4.69) is 10.6 Å². The molecule has 1 aliphatic carbocycles. The van der Waals surface area contributed by atoms with Gasteiger partial charge in [0.05, 0.1) is 25.0 Å². The van der Waals surface area contributed by atoms with Crippen LogP contribution in [0.5, 0.6) is 11.5 Å². The molecule has 0 spiro atoms. The Morgan fingerprint density at radius 1 is 0.852 bits per heavy atom. The summed E-state index contributed by atoms with van der Waals surface area (Å²) in [6.45, 7) is 3.92. The maximum atomic E-state index is 12.3. The van der Waals surface area contributed by atoms with E-state index in [1.165, 1.54) is 0 Å². The third-order valence-corrected chi connectivity index (χ3v) is 4.32. The summed E-state index contributed by atoms with van der Waals surface area (Å²) in [4.78, 5) is 24.7. The Bertz CT molecular complexity index is 800. The van der Waals surface area contributed by atoms with E-state index in [0.717, 1.165) is 11.5 Å². The summed E-state index contributed by atoms with van der Waals surface area (Å²) in [5, 5.41) is 5.70. The number of amides is 2. The Kier molecular flexibility index (Phi) is 5.64. The molecule has 2 atom stereocenters. The quantitative estimate of drug-likeness (QED) is 0.781. The van der Waals surface area contributed by atoms with Crippen LogP contribution in [-0.2, 0) is 9.59 Å². The fourth-order valence-electron chi connectivity index (χ4n) is 2.81. The molecule has 1 saturated carbocycles. The first-order chi connectivity index (χ1) is 13.0. The Morgan fingerprint density at radius 3 is 1.70 bits per heavy atom. The monoisotopic (exact) mass is 368 g/mol. The molecule has 1 fully saturated rings. The lowest BCUT2D eigenvalue weighted by Crippen LogP contribution is -2.20. The van der Waals surface area contributed by atoms with Gasteiger partial charge in [0.15, 0.2) is 0 Å². The minimum Gasteiger partial charge on any atom is -0.497 e. The van der Waals surface area contributed by atoms with Gasteiger partial charge in [0.25, 0.3) is 0 Å². The fourth-order valence-corrected chi connectivity index (χ4v) is 2.81. The molecule has 0 radical (unpaired) electrons. The molecular formula is C21H24N2O4. The summed E-state index contributed by atoms with van der Waals surface area (Å²) in [7, 11) is 1.59. The normalized spacial score (nSPS) is 17.9. The number of hydrogen-bond donors (Lipinski definition) is 2. The molecule has 0 bridgehead atoms. The first-order valence-electron chi connectivity index (χ1n) is 8.99. The molecule has 0 aliphatic heterocycles. The van der Waals surface area contributed by atoms with Crippen LogP contribution >= 0.6 is 0 Å². The van der Waals surface area contributed by atoms with Crippen molar-refractivity contribution in [1.29, 1.82) is 0 Å². The van der Waals surface area contributed by atoms with Gasteiger partial charge in [0, 0.05) is 11.4 Å². The average Bonchev–Trinajstić information content (AvgIpc) is 3.45. The van der Waals surface area contributed by atoms with Crippen LogP contribution in [0.4, 0.5) is 11.4 Å². The van der Waals surface area contributed by atoms with Gasteiger partial charge in [-0.05, 0) is 68.8 Å². The van der Waals surface area contributed by atoms with E-state index >= 15 is 0 Å². The van der Waals surface area contributed by atoms with Gasteiger partial charge in [-0.3, -0.25) is 9.59 Å². The van der Waals surface area contributed by atoms with Gasteiger partial charge < -0.3 is 20.1 Å². The summed E-state index contributed by atoms with van der Waals surface area (Å²) >= 11 is 0. The van der Waals surface area contributed by atoms with Gasteiger partial charge in [0.2, 0.25) is 11.8 Å². The average molecular weight is 368 g/mol. The molecule has 2 aromatic carbocycles. The van der Waals surface area contributed by atoms with Gasteiger partial charge in [-0.2, -0.15) is 0 Å². The van der Waals surface area contributed by atoms with Crippen LogP contribution in [-0.4, -0.2) is 25.0 Å². The first kappa shape index (κ1) is 18.8. The van der Waals surface area contributed by atoms with Crippen molar-refractivity contribution in [3.63, 3.8) is 0 Å². The second-order valence-corrected chi connectivity index (χ2v) is 6.85. The summed E-state index contributed by atoms with van der Waals surface area (Å²) < 4.78 is 10.7. The molecule has 2 unspecified atom stereocenters. The molecule has 3 rings (SSSR count). The van der Waals surface area contributed by atoms with Crippen LogP contribution in [0.15, 0.2) is 48.5 Å². The van der Waals surface area contributed by atoms with Crippen molar-refractivity contribution in [1.82, 2.24) is 0 Å². The van der Waals surface area contributed by atoms with Crippen molar-refractivity contribution < 1.29 is 19.1 Å². The maximum absolute atomic E-state index is 12.3. The molecule has 2 amide bonds. The highest BCUT2D eigenvalue weighted by atomic mass is 16.5. The zero-order valence-electron chi connectivity index (χ0n) is 15.7. The topological polar surface area (TPSA) is 76.7 Å². The van der Waals surface area contributed by atoms with E-state index in [1.54, 1.807) is 43.5 Å². The highest BCUT2D eigenvalue weighted by Crippen LogP contribution is 2.40. The van der Waals surface area contributed by atoms with Crippen molar-refractivity contribution in [2.75, 3.05) is 17.7 Å². The molecule has 27 heavy (non-hydrogen) atoms. The van der Waals surface area contributed by atoms with Crippen LogP contribution in [0.1, 0.15) is 20.3 Å². The zero-order valence-corrected chi connectivity index (χ0v) is 15.7. The number of hydrogen-bond acceptors (Lipinski definition) is 4. The molecule has 6 heteroatoms. The largest absolute Gasteiger partial charge is 0.497 e. The number of ether oxygens (including phenoxy) is 2. The first-order valence-corrected chi connectivity index (χ1v) is 8.99. The second kappa shape index (κ2) is 8.12. The predicted octanol–water partition coefficient (Wildman–Crippen LogP) is 3.70. The zero-order chi connectivity index (χ0) is 19.4. The molecule has 0 heterocycles. The van der Waals surface area contributed by atoms with Crippen molar-refractivity contribution in [2.24, 2.45) is 11.8 Å². The summed E-state index contributed by atoms with van der Waals surface area (Å²) in [6.07, 6.45) is 0.657. The van der Waals surface area contributed by atoms with Crippen LogP contribution in [0.3, 0.4) is 0 Å². The van der Waals surface area contributed by atoms with E-state index in [-0.39, 0.29) is 29.8 Å². The Morgan fingerprint density at radius 2 is 1.30 bits per heavy atom. The van der Waals surface area contributed by atoms with Gasteiger partial charge >= 0.3 is 0 Å². The lowest BCUT2D eigenvalue weighted by atomic mass is 10.2. The van der Waals surface area contributed by atoms with E-state index < -0.39 is 0 Å². The van der Waals surface area contributed by atoms with Gasteiger partial charge in [0.1, 0.15) is 11.5 Å². The molecule has 0 aromatic heterocycles. The molecular weight excluding hydrogens is 344 g/mol. The molecule has 142 valence electrons. The number of nitrogens with one attached hydrogen (secondary N) is 2. The Hall–Kier alpha value is -3.02. The highest BCUT2D eigenvalue weighted by molar-refractivity contribution is 6.03. The minimum absolute atomic E-state index is 0.0990. The van der Waals surface area contributed by atoms with Crippen molar-refractivity contribution in [2.45, 2.75) is 26.4 Å². The molecule has 0 saturated heterocycles. The summed E-state index contributed by atoms with van der Waals surface area (Å²) in [5.41, 5.74) is 1.38. The smallest absolute Gasteiger partial charge is 0.228 e. The molecule has 2 aromatic rings. The van der Waals surface area contributed by atoms with Crippen LogP contribution in [0.25, 0.3) is 0 Å². The maximum Gasteiger partial charge on any atom is 0.228 e. The number of carbonyl (C=O) groups is 2. The van der Waals surface area contributed by atoms with Gasteiger partial charge in [-0.1, -0.05) is 0 Å². The fraction of sp³-hybridized carbons (Fsp3) is 0.333. The van der Waals surface area contributed by atoms with Crippen molar-refractivity contribution in [3.8, 4) is 11.5 Å². The molecule has 2 N–H and O–H groups in total. The lowest BCUT2D eigenvalue weighted by Gasteiger charge is -2.10. The van der Waals surface area contributed by atoms with E-state index in [1.807, 2.05) is 26.0 Å². The lowest BCUT2D eigenvalue weighted by molar-refractivity contribution is -0.122. The van der Waals surface area contributed by atoms with Crippen LogP contribution < -0.4 is 20.1 Å². The number of rotatable bonds is 7. The third kappa shape index (κ3) is 5.00. The van der Waals surface area contributed by atoms with Crippen molar-refractivity contribution in [3.05, 3.63) is 48.5 Å². The van der Waals surface area contributed by atoms with Gasteiger partial charge in [-0.25, -0.2) is 0 Å². The number of anilines is 2. The van der Waals surface area contributed by atoms with Gasteiger partial charge in [-0.15, -0.1) is 0 Å². The van der Waals surface area contributed by atoms with E-state index in [4.69, 9.17) is 9.47 Å². The Balaban J connectivity index is 1.49.